The second kappa shape index (κ2) is 10.9. The van der Waals surface area contributed by atoms with Crippen molar-refractivity contribution in [2.45, 2.75) is 32.7 Å². The van der Waals surface area contributed by atoms with Crippen LogP contribution in [0.4, 0.5) is 0 Å². The second-order valence-electron chi connectivity index (χ2n) is 5.89. The monoisotopic (exact) mass is 485 g/mol. The molecule has 3 N–H and O–H groups in total. The number of guanidine groups is 1. The Kier molecular flexibility index (Phi) is 9.64. The molecule has 1 saturated carbocycles. The van der Waals surface area contributed by atoms with Gasteiger partial charge in [-0.1, -0.05) is 6.42 Å². The highest BCUT2D eigenvalue weighted by Gasteiger charge is 2.20. The molecule has 0 saturated heterocycles. The summed E-state index contributed by atoms with van der Waals surface area (Å²) >= 11 is 0. The molecule has 0 amide bonds. The highest BCUT2D eigenvalue weighted by atomic mass is 127. The first-order chi connectivity index (χ1) is 11.5. The van der Waals surface area contributed by atoms with E-state index in [2.05, 4.69) is 30.4 Å². The van der Waals surface area contributed by atoms with Crippen molar-refractivity contribution in [2.24, 2.45) is 18.0 Å². The Hall–Kier alpha value is -0.950. The molecule has 1 aromatic rings. The maximum Gasteiger partial charge on any atom is 0.213 e. The zero-order valence-electron chi connectivity index (χ0n) is 14.7. The smallest absolute Gasteiger partial charge is 0.213 e. The molecular formula is C14H28IN7O2S. The molecule has 1 aliphatic carbocycles. The van der Waals surface area contributed by atoms with E-state index < -0.39 is 10.0 Å². The summed E-state index contributed by atoms with van der Waals surface area (Å²) in [4.78, 5) is 8.49. The third-order valence-corrected chi connectivity index (χ3v) is 5.36. The minimum absolute atomic E-state index is 0. The van der Waals surface area contributed by atoms with Crippen LogP contribution in [0.3, 0.4) is 0 Å². The molecule has 1 fully saturated rings. The lowest BCUT2D eigenvalue weighted by molar-refractivity contribution is 0.316. The fraction of sp³-hybridized carbons (Fsp3) is 0.786. The van der Waals surface area contributed by atoms with Gasteiger partial charge in [-0.2, -0.15) is 5.10 Å². The van der Waals surface area contributed by atoms with E-state index in [0.29, 0.717) is 38.1 Å². The van der Waals surface area contributed by atoms with E-state index in [1.165, 1.54) is 12.7 Å². The number of aromatic nitrogens is 3. The SMILES string of the molecule is CCNC(=NCc1ncnn1C)NCCS(=O)(=O)NCC1CCC1.I. The fourth-order valence-electron chi connectivity index (χ4n) is 2.27. The van der Waals surface area contributed by atoms with Crippen LogP contribution in [0.15, 0.2) is 11.3 Å². The van der Waals surface area contributed by atoms with Gasteiger partial charge in [-0.3, -0.25) is 4.68 Å². The van der Waals surface area contributed by atoms with E-state index in [4.69, 9.17) is 0 Å². The quantitative estimate of drug-likeness (QED) is 0.262. The van der Waals surface area contributed by atoms with Gasteiger partial charge in [-0.15, -0.1) is 24.0 Å². The average Bonchev–Trinajstić information content (AvgIpc) is 2.88. The molecule has 0 atom stereocenters. The van der Waals surface area contributed by atoms with E-state index in [9.17, 15) is 8.42 Å². The molecule has 0 radical (unpaired) electrons. The number of sulfonamides is 1. The summed E-state index contributed by atoms with van der Waals surface area (Å²) in [5, 5.41) is 10.1. The third-order valence-electron chi connectivity index (χ3n) is 4.01. The van der Waals surface area contributed by atoms with Crippen molar-refractivity contribution in [3.05, 3.63) is 12.2 Å². The normalized spacial score (nSPS) is 15.4. The zero-order chi connectivity index (χ0) is 17.4. The first-order valence-corrected chi connectivity index (χ1v) is 9.98. The molecule has 144 valence electrons. The summed E-state index contributed by atoms with van der Waals surface area (Å²) < 4.78 is 28.3. The Morgan fingerprint density at radius 1 is 1.40 bits per heavy atom. The molecule has 0 aliphatic heterocycles. The van der Waals surface area contributed by atoms with Crippen molar-refractivity contribution < 1.29 is 8.42 Å². The van der Waals surface area contributed by atoms with Crippen LogP contribution in [0.25, 0.3) is 0 Å². The number of nitrogens with zero attached hydrogens (tertiary/aromatic N) is 4. The number of nitrogens with one attached hydrogen (secondary N) is 3. The third kappa shape index (κ3) is 7.86. The van der Waals surface area contributed by atoms with Gasteiger partial charge >= 0.3 is 0 Å². The number of rotatable bonds is 9. The predicted molar refractivity (Wildman–Crippen MR) is 108 cm³/mol. The van der Waals surface area contributed by atoms with Crippen molar-refractivity contribution >= 4 is 40.0 Å². The van der Waals surface area contributed by atoms with Crippen molar-refractivity contribution in [3.8, 4) is 0 Å². The van der Waals surface area contributed by atoms with Gasteiger partial charge in [-0.05, 0) is 25.7 Å². The molecule has 25 heavy (non-hydrogen) atoms. The van der Waals surface area contributed by atoms with Crippen molar-refractivity contribution in [2.75, 3.05) is 25.4 Å². The molecule has 2 rings (SSSR count). The van der Waals surface area contributed by atoms with Gasteiger partial charge in [0.25, 0.3) is 0 Å². The Labute approximate surface area is 166 Å². The first kappa shape index (κ1) is 22.1. The summed E-state index contributed by atoms with van der Waals surface area (Å²) in [5.74, 6) is 1.84. The van der Waals surface area contributed by atoms with Gasteiger partial charge in [0.2, 0.25) is 10.0 Å². The second-order valence-corrected chi connectivity index (χ2v) is 7.81. The topological polar surface area (TPSA) is 113 Å². The highest BCUT2D eigenvalue weighted by Crippen LogP contribution is 2.25. The van der Waals surface area contributed by atoms with Crippen molar-refractivity contribution in [3.63, 3.8) is 0 Å². The maximum absolute atomic E-state index is 12.0. The molecule has 0 spiro atoms. The number of halogens is 1. The van der Waals surface area contributed by atoms with Gasteiger partial charge in [-0.25, -0.2) is 23.1 Å². The summed E-state index contributed by atoms with van der Waals surface area (Å²) in [7, 11) is -1.45. The largest absolute Gasteiger partial charge is 0.357 e. The molecule has 1 heterocycles. The zero-order valence-corrected chi connectivity index (χ0v) is 17.9. The van der Waals surface area contributed by atoms with Crippen LogP contribution in [0, 0.1) is 5.92 Å². The van der Waals surface area contributed by atoms with Crippen LogP contribution in [-0.2, 0) is 23.6 Å². The molecule has 1 aliphatic rings. The van der Waals surface area contributed by atoms with E-state index in [1.54, 1.807) is 11.7 Å². The van der Waals surface area contributed by atoms with E-state index in [-0.39, 0.29) is 29.7 Å². The Morgan fingerprint density at radius 3 is 2.72 bits per heavy atom. The van der Waals surface area contributed by atoms with Gasteiger partial charge in [0.15, 0.2) is 5.96 Å². The van der Waals surface area contributed by atoms with Crippen LogP contribution in [0.2, 0.25) is 0 Å². The molecular weight excluding hydrogens is 457 g/mol. The summed E-state index contributed by atoms with van der Waals surface area (Å²) in [6.45, 7) is 3.87. The number of aryl methyl sites for hydroxylation is 1. The maximum atomic E-state index is 12.0. The van der Waals surface area contributed by atoms with Crippen LogP contribution in [-0.4, -0.2) is 54.5 Å². The lowest BCUT2D eigenvalue weighted by Gasteiger charge is -2.25. The van der Waals surface area contributed by atoms with Gasteiger partial charge in [0.05, 0.1) is 5.75 Å². The molecule has 0 bridgehead atoms. The molecule has 0 aromatic carbocycles. The van der Waals surface area contributed by atoms with Crippen LogP contribution >= 0.6 is 24.0 Å². The number of hydrogen-bond acceptors (Lipinski definition) is 5. The van der Waals surface area contributed by atoms with Crippen molar-refractivity contribution in [1.82, 2.24) is 30.1 Å². The Balaban J connectivity index is 0.00000312. The Bertz CT molecular complexity index is 643. The van der Waals surface area contributed by atoms with E-state index >= 15 is 0 Å². The molecule has 0 unspecified atom stereocenters. The van der Waals surface area contributed by atoms with Crippen molar-refractivity contribution in [1.29, 1.82) is 0 Å². The molecule has 11 heteroatoms. The lowest BCUT2D eigenvalue weighted by Crippen LogP contribution is -2.42. The van der Waals surface area contributed by atoms with Crippen LogP contribution in [0.5, 0.6) is 0 Å². The predicted octanol–water partition coefficient (Wildman–Crippen LogP) is 0.208. The number of aliphatic imine (C=N–C) groups is 1. The van der Waals surface area contributed by atoms with Crippen LogP contribution in [0.1, 0.15) is 32.0 Å². The number of hydrogen-bond donors (Lipinski definition) is 3. The summed E-state index contributed by atoms with van der Waals surface area (Å²) in [5.41, 5.74) is 0. The lowest BCUT2D eigenvalue weighted by atomic mass is 9.86. The summed E-state index contributed by atoms with van der Waals surface area (Å²) in [6.07, 6.45) is 4.94. The minimum Gasteiger partial charge on any atom is -0.357 e. The summed E-state index contributed by atoms with van der Waals surface area (Å²) in [6, 6.07) is 0. The van der Waals surface area contributed by atoms with Gasteiger partial charge in [0, 0.05) is 26.7 Å². The average molecular weight is 485 g/mol. The molecule has 1 aromatic heterocycles. The van der Waals surface area contributed by atoms with Gasteiger partial charge < -0.3 is 10.6 Å². The Morgan fingerprint density at radius 2 is 2.16 bits per heavy atom. The first-order valence-electron chi connectivity index (χ1n) is 8.32. The fourth-order valence-corrected chi connectivity index (χ4v) is 3.28. The van der Waals surface area contributed by atoms with E-state index in [1.807, 2.05) is 6.92 Å². The minimum atomic E-state index is -3.25. The highest BCUT2D eigenvalue weighted by molar-refractivity contribution is 14.0. The van der Waals surface area contributed by atoms with E-state index in [0.717, 1.165) is 18.7 Å². The molecule has 9 nitrogen and oxygen atoms in total. The van der Waals surface area contributed by atoms with Gasteiger partial charge in [0.1, 0.15) is 18.7 Å². The van der Waals surface area contributed by atoms with Crippen LogP contribution < -0.4 is 15.4 Å². The standard InChI is InChI=1S/C14H27N7O2S.HI/c1-3-15-14(17-10-13-18-11-19-21(13)2)16-7-8-24(22,23)20-9-12-5-4-6-12;/h11-12,20H,3-10H2,1-2H3,(H2,15,16,17);1H.